The fraction of sp³-hybridized carbons (Fsp3) is 0.333. The van der Waals surface area contributed by atoms with E-state index in [4.69, 9.17) is 11.6 Å². The Bertz CT molecular complexity index is 1230. The summed E-state index contributed by atoms with van der Waals surface area (Å²) in [4.78, 5) is 17.0. The molecule has 174 valence electrons. The number of hydrogen-bond acceptors (Lipinski definition) is 8. The molecule has 1 saturated heterocycles. The molecule has 0 atom stereocenters. The van der Waals surface area contributed by atoms with Gasteiger partial charge in [-0.15, -0.1) is 0 Å². The summed E-state index contributed by atoms with van der Waals surface area (Å²) in [6, 6.07) is 13.5. The van der Waals surface area contributed by atoms with Gasteiger partial charge in [0, 0.05) is 43.7 Å². The van der Waals surface area contributed by atoms with E-state index in [1.54, 1.807) is 0 Å². The van der Waals surface area contributed by atoms with Crippen molar-refractivity contribution < 1.29 is 13.3 Å². The van der Waals surface area contributed by atoms with E-state index in [0.717, 1.165) is 43.0 Å². The minimum atomic E-state index is -3.87. The van der Waals surface area contributed by atoms with Gasteiger partial charge in [0.1, 0.15) is 10.8 Å². The van der Waals surface area contributed by atoms with Crippen LogP contribution < -0.4 is 9.62 Å². The number of sulfonamides is 1. The Labute approximate surface area is 200 Å². The maximum absolute atomic E-state index is 12.6. The van der Waals surface area contributed by atoms with E-state index in [-0.39, 0.29) is 22.4 Å². The first-order valence-electron chi connectivity index (χ1n) is 10.4. The van der Waals surface area contributed by atoms with Crippen LogP contribution in [0.5, 0.6) is 0 Å². The maximum atomic E-state index is 12.6. The van der Waals surface area contributed by atoms with Gasteiger partial charge in [-0.05, 0) is 36.5 Å². The van der Waals surface area contributed by atoms with Gasteiger partial charge in [-0.3, -0.25) is 10.1 Å². The van der Waals surface area contributed by atoms with Gasteiger partial charge in [-0.25, -0.2) is 18.1 Å². The van der Waals surface area contributed by atoms with Crippen LogP contribution in [0.15, 0.2) is 53.4 Å². The van der Waals surface area contributed by atoms with E-state index in [0.29, 0.717) is 6.42 Å². The third-order valence-corrected chi connectivity index (χ3v) is 8.09. The van der Waals surface area contributed by atoms with Crippen molar-refractivity contribution in [3.63, 3.8) is 0 Å². The number of anilines is 1. The number of halogens is 1. The number of hydrogen-bond donors (Lipinski definition) is 1. The normalized spacial score (nSPS) is 15.0. The highest BCUT2D eigenvalue weighted by atomic mass is 35.5. The zero-order valence-electron chi connectivity index (χ0n) is 17.6. The van der Waals surface area contributed by atoms with Crippen LogP contribution >= 0.6 is 23.1 Å². The Balaban J connectivity index is 1.30. The molecule has 1 aliphatic heterocycles. The summed E-state index contributed by atoms with van der Waals surface area (Å²) in [6.07, 6.45) is 2.30. The molecule has 1 N–H and O–H groups in total. The molecule has 0 saturated carbocycles. The molecule has 33 heavy (non-hydrogen) atoms. The molecule has 0 unspecified atom stereocenters. The molecule has 2 heterocycles. The van der Waals surface area contributed by atoms with Crippen molar-refractivity contribution in [2.45, 2.75) is 24.2 Å². The molecule has 4 rings (SSSR count). The highest BCUT2D eigenvalue weighted by Gasteiger charge is 2.25. The second-order valence-corrected chi connectivity index (χ2v) is 10.7. The van der Waals surface area contributed by atoms with E-state index in [1.165, 1.54) is 29.2 Å². The van der Waals surface area contributed by atoms with Crippen LogP contribution in [0.4, 0.5) is 10.8 Å². The topological polar surface area (TPSA) is 118 Å². The van der Waals surface area contributed by atoms with Gasteiger partial charge in [0.05, 0.1) is 9.82 Å². The van der Waals surface area contributed by atoms with Crippen molar-refractivity contribution in [1.29, 1.82) is 0 Å². The van der Waals surface area contributed by atoms with E-state index in [1.807, 2.05) is 18.2 Å². The van der Waals surface area contributed by atoms with Crippen molar-refractivity contribution in [2.24, 2.45) is 5.92 Å². The maximum Gasteiger partial charge on any atom is 0.289 e. The highest BCUT2D eigenvalue weighted by molar-refractivity contribution is 7.89. The first kappa shape index (κ1) is 23.6. The predicted molar refractivity (Wildman–Crippen MR) is 127 cm³/mol. The number of nitro groups is 1. The molecule has 1 aliphatic rings. The zero-order valence-corrected chi connectivity index (χ0v) is 19.9. The lowest BCUT2D eigenvalue weighted by Crippen LogP contribution is -2.38. The fourth-order valence-corrected chi connectivity index (χ4v) is 5.72. The molecule has 9 nitrogen and oxygen atoms in total. The largest absolute Gasteiger partial charge is 0.347 e. The lowest BCUT2D eigenvalue weighted by molar-refractivity contribution is -0.384. The third kappa shape index (κ3) is 5.85. The molecule has 2 aromatic carbocycles. The summed E-state index contributed by atoms with van der Waals surface area (Å²) < 4.78 is 32.2. The number of benzene rings is 2. The minimum absolute atomic E-state index is 0.102. The monoisotopic (exact) mass is 507 g/mol. The molecule has 1 fully saturated rings. The Morgan fingerprint density at radius 3 is 2.61 bits per heavy atom. The van der Waals surface area contributed by atoms with Crippen LogP contribution in [-0.2, 0) is 16.4 Å². The molecule has 0 spiro atoms. The van der Waals surface area contributed by atoms with E-state index < -0.39 is 20.6 Å². The van der Waals surface area contributed by atoms with Crippen LogP contribution in [0.2, 0.25) is 5.02 Å². The number of rotatable bonds is 8. The second-order valence-electron chi connectivity index (χ2n) is 7.81. The Morgan fingerprint density at radius 2 is 1.91 bits per heavy atom. The van der Waals surface area contributed by atoms with Gasteiger partial charge < -0.3 is 4.90 Å². The van der Waals surface area contributed by atoms with Crippen molar-refractivity contribution in [3.8, 4) is 0 Å². The number of nitrogens with one attached hydrogen (secondary N) is 1. The summed E-state index contributed by atoms with van der Waals surface area (Å²) in [5, 5.41) is 11.8. The third-order valence-electron chi connectivity index (χ3n) is 5.53. The van der Waals surface area contributed by atoms with Crippen LogP contribution in [0, 0.1) is 16.0 Å². The van der Waals surface area contributed by atoms with Gasteiger partial charge in [-0.2, -0.15) is 4.37 Å². The minimum Gasteiger partial charge on any atom is -0.347 e. The molecular formula is C21H22ClN5O4S2. The van der Waals surface area contributed by atoms with E-state index in [9.17, 15) is 18.5 Å². The SMILES string of the molecule is O=[N+]([O-])c1cc(S(=O)(=O)NCC2CCN(c3nc(Cc4ccccc4)ns3)CC2)ccc1Cl. The van der Waals surface area contributed by atoms with Gasteiger partial charge >= 0.3 is 0 Å². The Kier molecular flexibility index (Phi) is 7.23. The van der Waals surface area contributed by atoms with Crippen LogP contribution in [-0.4, -0.2) is 42.3 Å². The first-order valence-corrected chi connectivity index (χ1v) is 13.0. The molecule has 3 aromatic rings. The Morgan fingerprint density at radius 1 is 1.18 bits per heavy atom. The van der Waals surface area contributed by atoms with Gasteiger partial charge in [-0.1, -0.05) is 41.9 Å². The van der Waals surface area contributed by atoms with E-state index in [2.05, 4.69) is 31.1 Å². The lowest BCUT2D eigenvalue weighted by Gasteiger charge is -2.31. The molecule has 0 radical (unpaired) electrons. The van der Waals surface area contributed by atoms with Crippen molar-refractivity contribution >= 4 is 44.0 Å². The smallest absolute Gasteiger partial charge is 0.289 e. The van der Waals surface area contributed by atoms with Crippen LogP contribution in [0.1, 0.15) is 24.2 Å². The number of nitro benzene ring substituents is 1. The number of piperidine rings is 1. The van der Waals surface area contributed by atoms with Crippen LogP contribution in [0.3, 0.4) is 0 Å². The molecule has 1 aromatic heterocycles. The van der Waals surface area contributed by atoms with Crippen molar-refractivity contribution in [2.75, 3.05) is 24.5 Å². The average Bonchev–Trinajstić information content (AvgIpc) is 3.27. The van der Waals surface area contributed by atoms with Crippen LogP contribution in [0.25, 0.3) is 0 Å². The second kappa shape index (κ2) is 10.1. The summed E-state index contributed by atoms with van der Waals surface area (Å²) in [5.74, 6) is 0.961. The molecule has 0 bridgehead atoms. The highest BCUT2D eigenvalue weighted by Crippen LogP contribution is 2.28. The summed E-state index contributed by atoms with van der Waals surface area (Å²) >= 11 is 7.16. The fourth-order valence-electron chi connectivity index (χ4n) is 3.66. The van der Waals surface area contributed by atoms with E-state index >= 15 is 0 Å². The standard InChI is InChI=1S/C21H22ClN5O4S2/c22-18-7-6-17(13-19(18)27(28)29)33(30,31)23-14-16-8-10-26(11-9-16)21-24-20(25-32-21)12-15-4-2-1-3-5-15/h1-7,13,16,23H,8-12,14H2. The van der Waals surface area contributed by atoms with Gasteiger partial charge in [0.2, 0.25) is 15.2 Å². The first-order chi connectivity index (χ1) is 15.8. The predicted octanol–water partition coefficient (Wildman–Crippen LogP) is 3.89. The lowest BCUT2D eigenvalue weighted by atomic mass is 9.97. The molecule has 0 aliphatic carbocycles. The summed E-state index contributed by atoms with van der Waals surface area (Å²) in [5.41, 5.74) is 0.732. The summed E-state index contributed by atoms with van der Waals surface area (Å²) in [6.45, 7) is 1.79. The van der Waals surface area contributed by atoms with Gasteiger partial charge in [0.25, 0.3) is 5.69 Å². The summed E-state index contributed by atoms with van der Waals surface area (Å²) in [7, 11) is -3.87. The quantitative estimate of drug-likeness (QED) is 0.363. The average molecular weight is 508 g/mol. The number of nitrogens with zero attached hydrogens (tertiary/aromatic N) is 4. The molecular weight excluding hydrogens is 486 g/mol. The molecule has 12 heteroatoms. The van der Waals surface area contributed by atoms with Gasteiger partial charge in [0.15, 0.2) is 0 Å². The zero-order chi connectivity index (χ0) is 23.4. The number of aromatic nitrogens is 2. The van der Waals surface area contributed by atoms with Crippen molar-refractivity contribution in [1.82, 2.24) is 14.1 Å². The molecule has 0 amide bonds. The van der Waals surface area contributed by atoms with Crippen molar-refractivity contribution in [3.05, 3.63) is 75.1 Å². The Hall–Kier alpha value is -2.60.